The van der Waals surface area contributed by atoms with Crippen LogP contribution in [0, 0.1) is 5.82 Å². The van der Waals surface area contributed by atoms with Crippen LogP contribution in [0.15, 0.2) is 42.5 Å². The third-order valence-corrected chi connectivity index (χ3v) is 2.63. The van der Waals surface area contributed by atoms with Crippen molar-refractivity contribution in [2.75, 3.05) is 0 Å². The van der Waals surface area contributed by atoms with Crippen molar-refractivity contribution in [3.63, 3.8) is 0 Å². The van der Waals surface area contributed by atoms with E-state index in [4.69, 9.17) is 9.84 Å². The van der Waals surface area contributed by atoms with Crippen molar-refractivity contribution in [3.05, 3.63) is 59.4 Å². The van der Waals surface area contributed by atoms with Gasteiger partial charge in [-0.15, -0.1) is 0 Å². The van der Waals surface area contributed by atoms with Gasteiger partial charge >= 0.3 is 5.97 Å². The minimum atomic E-state index is -0.986. The van der Waals surface area contributed by atoms with E-state index in [1.165, 1.54) is 24.3 Å². The maximum Gasteiger partial charge on any atom is 0.307 e. The van der Waals surface area contributed by atoms with E-state index in [9.17, 15) is 14.3 Å². The maximum atomic E-state index is 12.7. The molecule has 0 atom stereocenters. The predicted molar refractivity (Wildman–Crippen MR) is 70.2 cm³/mol. The van der Waals surface area contributed by atoms with E-state index >= 15 is 0 Å². The van der Waals surface area contributed by atoms with Crippen molar-refractivity contribution in [3.8, 4) is 11.5 Å². The molecule has 0 aliphatic carbocycles. The summed E-state index contributed by atoms with van der Waals surface area (Å²) in [6.07, 6.45) is -0.193. The van der Waals surface area contributed by atoms with Gasteiger partial charge in [0.25, 0.3) is 0 Å². The van der Waals surface area contributed by atoms with Crippen LogP contribution in [-0.2, 0) is 17.8 Å². The zero-order valence-corrected chi connectivity index (χ0v) is 10.5. The first kappa shape index (κ1) is 13.9. The van der Waals surface area contributed by atoms with Crippen molar-refractivity contribution < 1.29 is 24.1 Å². The largest absolute Gasteiger partial charge is 0.508 e. The molecule has 0 unspecified atom stereocenters. The molecule has 2 N–H and O–H groups in total. The fraction of sp³-hybridized carbons (Fsp3) is 0.133. The molecule has 0 fully saturated rings. The second-order valence-corrected chi connectivity index (χ2v) is 4.32. The van der Waals surface area contributed by atoms with Crippen LogP contribution < -0.4 is 4.74 Å². The van der Waals surface area contributed by atoms with E-state index < -0.39 is 5.97 Å². The smallest absolute Gasteiger partial charge is 0.307 e. The van der Waals surface area contributed by atoms with E-state index in [0.29, 0.717) is 11.3 Å². The van der Waals surface area contributed by atoms with Crippen LogP contribution >= 0.6 is 0 Å². The number of phenols is 1. The average Bonchev–Trinajstić information content (AvgIpc) is 2.36. The molecule has 2 aromatic carbocycles. The Kier molecular flexibility index (Phi) is 4.20. The minimum absolute atomic E-state index is 0.0575. The van der Waals surface area contributed by atoms with Crippen LogP contribution in [0.1, 0.15) is 11.1 Å². The van der Waals surface area contributed by atoms with Gasteiger partial charge in [0, 0.05) is 6.07 Å². The van der Waals surface area contributed by atoms with Crippen LogP contribution in [0.5, 0.6) is 11.5 Å². The van der Waals surface area contributed by atoms with Gasteiger partial charge in [-0.25, -0.2) is 4.39 Å². The molecule has 20 heavy (non-hydrogen) atoms. The predicted octanol–water partition coefficient (Wildman–Crippen LogP) is 2.74. The number of carboxylic acids is 1. The van der Waals surface area contributed by atoms with E-state index in [2.05, 4.69) is 0 Å². The molecule has 0 bridgehead atoms. The van der Waals surface area contributed by atoms with Gasteiger partial charge in [0.2, 0.25) is 0 Å². The first-order chi connectivity index (χ1) is 9.52. The zero-order valence-electron chi connectivity index (χ0n) is 10.5. The minimum Gasteiger partial charge on any atom is -0.508 e. The normalized spacial score (nSPS) is 10.2. The number of rotatable bonds is 5. The van der Waals surface area contributed by atoms with Crippen LogP contribution in [0.25, 0.3) is 0 Å². The molecule has 0 saturated heterocycles. The number of carboxylic acid groups (broad SMARTS) is 1. The van der Waals surface area contributed by atoms with Crippen molar-refractivity contribution >= 4 is 5.97 Å². The molecular formula is C15H13FO4. The molecule has 0 amide bonds. The lowest BCUT2D eigenvalue weighted by Crippen LogP contribution is -2.01. The molecule has 5 heteroatoms. The Hall–Kier alpha value is -2.56. The number of phenolic OH excluding ortho intramolecular Hbond substituents is 1. The van der Waals surface area contributed by atoms with Crippen molar-refractivity contribution in [2.24, 2.45) is 0 Å². The number of halogens is 1. The fourth-order valence-corrected chi connectivity index (χ4v) is 1.75. The van der Waals surface area contributed by atoms with Crippen LogP contribution in [0.3, 0.4) is 0 Å². The molecule has 0 saturated carbocycles. The summed E-state index contributed by atoms with van der Waals surface area (Å²) in [5.74, 6) is -1.00. The quantitative estimate of drug-likeness (QED) is 0.881. The zero-order chi connectivity index (χ0) is 14.5. The fourth-order valence-electron chi connectivity index (χ4n) is 1.75. The molecule has 2 rings (SSSR count). The van der Waals surface area contributed by atoms with Crippen molar-refractivity contribution in [1.29, 1.82) is 0 Å². The Bertz CT molecular complexity index is 608. The van der Waals surface area contributed by atoms with Gasteiger partial charge in [0.15, 0.2) is 0 Å². The number of carbonyl (C=O) groups is 1. The van der Waals surface area contributed by atoms with Gasteiger partial charge in [-0.3, -0.25) is 4.79 Å². The summed E-state index contributed by atoms with van der Waals surface area (Å²) in [7, 11) is 0. The highest BCUT2D eigenvalue weighted by molar-refractivity contribution is 5.70. The Morgan fingerprint density at radius 1 is 1.10 bits per heavy atom. The highest BCUT2D eigenvalue weighted by Crippen LogP contribution is 2.23. The number of aromatic hydroxyl groups is 1. The van der Waals surface area contributed by atoms with Crippen LogP contribution in [0.4, 0.5) is 4.39 Å². The van der Waals surface area contributed by atoms with Gasteiger partial charge < -0.3 is 14.9 Å². The lowest BCUT2D eigenvalue weighted by Gasteiger charge is -2.08. The molecule has 0 aliphatic rings. The van der Waals surface area contributed by atoms with Gasteiger partial charge in [-0.05, 0) is 35.4 Å². The monoisotopic (exact) mass is 276 g/mol. The SMILES string of the molecule is O=C(O)Cc1cc(O)cc(OCc2ccc(F)cc2)c1. The number of aliphatic carboxylic acids is 1. The Morgan fingerprint density at radius 2 is 1.80 bits per heavy atom. The number of ether oxygens (including phenoxy) is 1. The Balaban J connectivity index is 2.07. The van der Waals surface area contributed by atoms with E-state index in [1.807, 2.05) is 0 Å². The first-order valence-corrected chi connectivity index (χ1v) is 5.95. The third-order valence-electron chi connectivity index (χ3n) is 2.63. The average molecular weight is 276 g/mol. The third kappa shape index (κ3) is 3.98. The highest BCUT2D eigenvalue weighted by atomic mass is 19.1. The maximum absolute atomic E-state index is 12.7. The van der Waals surface area contributed by atoms with Gasteiger partial charge in [-0.2, -0.15) is 0 Å². The molecule has 2 aromatic rings. The summed E-state index contributed by atoms with van der Waals surface area (Å²) >= 11 is 0. The van der Waals surface area contributed by atoms with E-state index in [-0.39, 0.29) is 24.6 Å². The standard InChI is InChI=1S/C15H13FO4/c16-12-3-1-10(2-4-12)9-20-14-6-11(7-15(18)19)5-13(17)8-14/h1-6,8,17H,7,9H2,(H,18,19). The second kappa shape index (κ2) is 6.06. The summed E-state index contributed by atoms with van der Waals surface area (Å²) in [6.45, 7) is 0.205. The summed E-state index contributed by atoms with van der Waals surface area (Å²) < 4.78 is 18.2. The number of hydrogen-bond donors (Lipinski definition) is 2. The number of benzene rings is 2. The lowest BCUT2D eigenvalue weighted by atomic mass is 10.1. The van der Waals surface area contributed by atoms with Crippen LogP contribution in [0.2, 0.25) is 0 Å². The summed E-state index contributed by atoms with van der Waals surface area (Å²) in [4.78, 5) is 10.6. The Labute approximate surface area is 115 Å². The number of hydrogen-bond acceptors (Lipinski definition) is 3. The van der Waals surface area contributed by atoms with Crippen LogP contribution in [-0.4, -0.2) is 16.2 Å². The lowest BCUT2D eigenvalue weighted by molar-refractivity contribution is -0.136. The Morgan fingerprint density at radius 3 is 2.45 bits per heavy atom. The van der Waals surface area contributed by atoms with Gasteiger partial charge in [0.05, 0.1) is 6.42 Å². The first-order valence-electron chi connectivity index (χ1n) is 5.95. The summed E-state index contributed by atoms with van der Waals surface area (Å²) in [6, 6.07) is 10.2. The molecule has 0 radical (unpaired) electrons. The highest BCUT2D eigenvalue weighted by Gasteiger charge is 2.06. The van der Waals surface area contributed by atoms with Crippen molar-refractivity contribution in [1.82, 2.24) is 0 Å². The molecule has 104 valence electrons. The topological polar surface area (TPSA) is 66.8 Å². The summed E-state index contributed by atoms with van der Waals surface area (Å²) in [5.41, 5.74) is 1.22. The van der Waals surface area contributed by atoms with E-state index in [1.54, 1.807) is 18.2 Å². The molecule has 0 spiro atoms. The molecule has 0 heterocycles. The molecule has 4 nitrogen and oxygen atoms in total. The molecular weight excluding hydrogens is 263 g/mol. The molecule has 0 aromatic heterocycles. The van der Waals surface area contributed by atoms with Crippen molar-refractivity contribution in [2.45, 2.75) is 13.0 Å². The van der Waals surface area contributed by atoms with E-state index in [0.717, 1.165) is 5.56 Å². The summed E-state index contributed by atoms with van der Waals surface area (Å²) in [5, 5.41) is 18.2. The van der Waals surface area contributed by atoms with Gasteiger partial charge in [0.1, 0.15) is 23.9 Å². The second-order valence-electron chi connectivity index (χ2n) is 4.32. The molecule has 0 aliphatic heterocycles. The van der Waals surface area contributed by atoms with Gasteiger partial charge in [-0.1, -0.05) is 12.1 Å².